The molecule has 180 valence electrons. The summed E-state index contributed by atoms with van der Waals surface area (Å²) in [6.45, 7) is 19.4. The third-order valence-electron chi connectivity index (χ3n) is 12.8. The lowest BCUT2D eigenvalue weighted by Crippen LogP contribution is -2.66. The lowest BCUT2D eigenvalue weighted by molar-refractivity contribution is -0.202. The average molecular weight is 441 g/mol. The van der Waals surface area contributed by atoms with Crippen molar-refractivity contribution in [3.8, 4) is 0 Å². The zero-order valence-corrected chi connectivity index (χ0v) is 22.1. The number of hydrogen-bond donors (Lipinski definition) is 1. The Morgan fingerprint density at radius 1 is 0.844 bits per heavy atom. The second-order valence-electron chi connectivity index (χ2n) is 15.2. The van der Waals surface area contributed by atoms with Crippen molar-refractivity contribution in [1.29, 1.82) is 0 Å². The molecule has 0 aromatic heterocycles. The number of aliphatic hydroxyl groups excluding tert-OH is 1. The Kier molecular flexibility index (Phi) is 4.71. The van der Waals surface area contributed by atoms with Crippen LogP contribution >= 0.6 is 0 Å². The Hall–Kier alpha value is -0.630. The van der Waals surface area contributed by atoms with Gasteiger partial charge in [-0.15, -0.1) is 0 Å². The molecule has 2 nitrogen and oxygen atoms in total. The number of carbonyl (C=O) groups is 1. The van der Waals surface area contributed by atoms with E-state index in [4.69, 9.17) is 0 Å². The first-order chi connectivity index (χ1) is 14.6. The molecule has 0 aliphatic heterocycles. The molecular weight excluding hydrogens is 392 g/mol. The predicted octanol–water partition coefficient (Wildman–Crippen LogP) is 7.35. The summed E-state index contributed by atoms with van der Waals surface area (Å²) in [4.78, 5) is 14.2. The van der Waals surface area contributed by atoms with Crippen LogP contribution in [0.15, 0.2) is 11.6 Å². The minimum absolute atomic E-state index is 0.00948. The van der Waals surface area contributed by atoms with Crippen molar-refractivity contribution in [1.82, 2.24) is 0 Å². The lowest BCUT2D eigenvalue weighted by Gasteiger charge is -2.70. The van der Waals surface area contributed by atoms with E-state index < -0.39 is 0 Å². The minimum atomic E-state index is -0.245. The monoisotopic (exact) mass is 440 g/mol. The predicted molar refractivity (Wildman–Crippen MR) is 131 cm³/mol. The second kappa shape index (κ2) is 6.52. The van der Waals surface area contributed by atoms with Gasteiger partial charge in [0.15, 0.2) is 5.78 Å². The molecule has 4 unspecified atom stereocenters. The molecule has 0 saturated heterocycles. The van der Waals surface area contributed by atoms with Gasteiger partial charge in [-0.1, -0.05) is 61.0 Å². The first kappa shape index (κ1) is 23.1. The quantitative estimate of drug-likeness (QED) is 0.427. The number of fused-ring (bicyclic) bond motifs is 7. The second-order valence-corrected chi connectivity index (χ2v) is 15.2. The first-order valence-electron chi connectivity index (χ1n) is 13.5. The highest BCUT2D eigenvalue weighted by atomic mass is 16.3. The van der Waals surface area contributed by atoms with Gasteiger partial charge in [0.2, 0.25) is 0 Å². The maximum absolute atomic E-state index is 14.2. The average Bonchev–Trinajstić information content (AvgIpc) is 2.68. The Morgan fingerprint density at radius 3 is 2.19 bits per heavy atom. The molecule has 0 amide bonds. The summed E-state index contributed by atoms with van der Waals surface area (Å²) >= 11 is 0. The van der Waals surface area contributed by atoms with Crippen LogP contribution in [0.2, 0.25) is 0 Å². The highest BCUT2D eigenvalue weighted by Gasteiger charge is 2.69. The molecule has 0 spiro atoms. The van der Waals surface area contributed by atoms with E-state index in [0.29, 0.717) is 28.4 Å². The van der Waals surface area contributed by atoms with Crippen LogP contribution in [0.1, 0.15) is 113 Å². The van der Waals surface area contributed by atoms with Crippen LogP contribution in [-0.2, 0) is 4.79 Å². The number of ketones is 1. The third kappa shape index (κ3) is 2.71. The number of allylic oxidation sites excluding steroid dienone is 2. The lowest BCUT2D eigenvalue weighted by atomic mass is 9.33. The molecule has 0 bridgehead atoms. The van der Waals surface area contributed by atoms with Gasteiger partial charge in [-0.2, -0.15) is 0 Å². The Balaban J connectivity index is 1.63. The van der Waals surface area contributed by atoms with Crippen LogP contribution in [0.25, 0.3) is 0 Å². The summed E-state index contributed by atoms with van der Waals surface area (Å²) < 4.78 is 0. The van der Waals surface area contributed by atoms with Gasteiger partial charge in [0.1, 0.15) is 0 Å². The van der Waals surface area contributed by atoms with Gasteiger partial charge in [0.05, 0.1) is 6.10 Å². The number of hydrogen-bond acceptors (Lipinski definition) is 2. The first-order valence-corrected chi connectivity index (χ1v) is 13.5. The van der Waals surface area contributed by atoms with E-state index in [1.54, 1.807) is 0 Å². The van der Waals surface area contributed by atoms with Crippen molar-refractivity contribution in [2.45, 2.75) is 119 Å². The van der Waals surface area contributed by atoms with Crippen LogP contribution in [0.4, 0.5) is 0 Å². The molecule has 0 heterocycles. The zero-order chi connectivity index (χ0) is 23.5. The maximum Gasteiger partial charge on any atom is 0.159 e. The van der Waals surface area contributed by atoms with E-state index in [0.717, 1.165) is 25.7 Å². The van der Waals surface area contributed by atoms with Gasteiger partial charge in [-0.05, 0) is 108 Å². The Labute approximate surface area is 197 Å². The Bertz CT molecular complexity index is 866. The van der Waals surface area contributed by atoms with E-state index in [9.17, 15) is 9.90 Å². The highest BCUT2D eigenvalue weighted by Crippen LogP contribution is 2.75. The maximum atomic E-state index is 14.2. The summed E-state index contributed by atoms with van der Waals surface area (Å²) in [7, 11) is 0. The molecule has 5 aliphatic carbocycles. The van der Waals surface area contributed by atoms with Crippen LogP contribution in [0.3, 0.4) is 0 Å². The van der Waals surface area contributed by atoms with Crippen molar-refractivity contribution in [2.24, 2.45) is 50.2 Å². The van der Waals surface area contributed by atoms with Crippen molar-refractivity contribution in [3.05, 3.63) is 11.6 Å². The molecule has 4 fully saturated rings. The summed E-state index contributed by atoms with van der Waals surface area (Å²) in [6, 6.07) is 0. The Morgan fingerprint density at radius 2 is 1.50 bits per heavy atom. The van der Waals surface area contributed by atoms with Gasteiger partial charge in [0, 0.05) is 5.92 Å². The van der Waals surface area contributed by atoms with Gasteiger partial charge < -0.3 is 5.11 Å². The van der Waals surface area contributed by atoms with E-state index in [1.165, 1.54) is 37.7 Å². The van der Waals surface area contributed by atoms with Crippen LogP contribution in [-0.4, -0.2) is 17.0 Å². The van der Waals surface area contributed by atoms with Gasteiger partial charge >= 0.3 is 0 Å². The molecule has 32 heavy (non-hydrogen) atoms. The molecule has 4 saturated carbocycles. The molecule has 1 N–H and O–H groups in total. The van der Waals surface area contributed by atoms with Gasteiger partial charge in [-0.3, -0.25) is 4.79 Å². The van der Waals surface area contributed by atoms with Crippen LogP contribution < -0.4 is 0 Å². The summed E-state index contributed by atoms with van der Waals surface area (Å²) in [5.74, 6) is 1.49. The van der Waals surface area contributed by atoms with Crippen LogP contribution in [0, 0.1) is 50.2 Å². The number of rotatable bonds is 0. The topological polar surface area (TPSA) is 37.3 Å². The molecule has 2 heteroatoms. The van der Waals surface area contributed by atoms with E-state index in [-0.39, 0.29) is 33.7 Å². The minimum Gasteiger partial charge on any atom is -0.393 e. The third-order valence-corrected chi connectivity index (χ3v) is 12.8. The fourth-order valence-electron chi connectivity index (χ4n) is 10.3. The van der Waals surface area contributed by atoms with Crippen molar-refractivity contribution in [3.63, 3.8) is 0 Å². The van der Waals surface area contributed by atoms with Crippen LogP contribution in [0.5, 0.6) is 0 Å². The van der Waals surface area contributed by atoms with Crippen molar-refractivity contribution < 1.29 is 9.90 Å². The smallest absolute Gasteiger partial charge is 0.159 e. The summed E-state index contributed by atoms with van der Waals surface area (Å²) in [5.41, 5.74) is 2.29. The van der Waals surface area contributed by atoms with E-state index >= 15 is 0 Å². The zero-order valence-electron chi connectivity index (χ0n) is 22.1. The highest BCUT2D eigenvalue weighted by molar-refractivity contribution is 5.95. The van der Waals surface area contributed by atoms with E-state index in [1.807, 2.05) is 0 Å². The summed E-state index contributed by atoms with van der Waals surface area (Å²) in [6.07, 6.45) is 12.4. The molecule has 5 rings (SSSR count). The fraction of sp³-hybridized carbons (Fsp3) is 0.900. The van der Waals surface area contributed by atoms with Gasteiger partial charge in [0.25, 0.3) is 0 Å². The number of aliphatic hydroxyl groups is 1. The van der Waals surface area contributed by atoms with E-state index in [2.05, 4.69) is 61.5 Å². The molecule has 0 aromatic rings. The summed E-state index contributed by atoms with van der Waals surface area (Å²) in [5, 5.41) is 10.9. The fourth-order valence-corrected chi connectivity index (χ4v) is 10.3. The largest absolute Gasteiger partial charge is 0.393 e. The number of carbonyl (C=O) groups excluding carboxylic acids is 1. The normalized spacial score (nSPS) is 53.9. The SMILES string of the molecule is CC1(C)CC[C@]2(C)CCC3(C)C(=CC(=O)C4[C@@]5(C)CC[C@H](O)C(C)(C)C5CC[C@]43C)C2C1. The molecule has 5 aliphatic rings. The van der Waals surface area contributed by atoms with Gasteiger partial charge in [-0.25, -0.2) is 0 Å². The molecule has 8 atom stereocenters. The molecule has 0 radical (unpaired) electrons. The molecular formula is C30H48O2. The van der Waals surface area contributed by atoms with Crippen molar-refractivity contribution in [2.75, 3.05) is 0 Å². The van der Waals surface area contributed by atoms with Crippen molar-refractivity contribution >= 4 is 5.78 Å². The standard InChI is InChI=1S/C30H48O2/c1-25(2)13-14-27(5)15-16-29(7)19(20(27)18-25)17-21(31)24-28(6)11-10-23(32)26(3,4)22(28)9-12-30(24,29)8/h17,20,22-24,32H,9-16,18H2,1-8H3/t20?,22?,23-,24?,27+,28-,29?,30+/m0/s1. The molecule has 0 aromatic carbocycles.